The molecule has 0 unspecified atom stereocenters. The summed E-state index contributed by atoms with van der Waals surface area (Å²) >= 11 is 0. The highest BCUT2D eigenvalue weighted by atomic mass is 15.4. The number of benzene rings is 1. The van der Waals surface area contributed by atoms with Crippen LogP contribution in [0.2, 0.25) is 0 Å². The van der Waals surface area contributed by atoms with E-state index < -0.39 is 0 Å². The maximum atomic E-state index is 5.83. The minimum absolute atomic E-state index is 0.515. The average Bonchev–Trinajstić information content (AvgIpc) is 2.81. The second kappa shape index (κ2) is 5.31. The SMILES string of the molecule is CCc1nc(CC)n(-c2ccc(C)cc2CN)n1. The Kier molecular flexibility index (Phi) is 3.77. The molecule has 0 bridgehead atoms. The third-order valence-corrected chi connectivity index (χ3v) is 3.03. The molecule has 2 N–H and O–H groups in total. The summed E-state index contributed by atoms with van der Waals surface area (Å²) in [5.41, 5.74) is 9.20. The highest BCUT2D eigenvalue weighted by Gasteiger charge is 2.11. The van der Waals surface area contributed by atoms with Crippen LogP contribution in [0.4, 0.5) is 0 Å². The third kappa shape index (κ3) is 2.29. The summed E-state index contributed by atoms with van der Waals surface area (Å²) < 4.78 is 1.93. The molecule has 18 heavy (non-hydrogen) atoms. The van der Waals surface area contributed by atoms with Crippen molar-refractivity contribution in [1.82, 2.24) is 14.8 Å². The topological polar surface area (TPSA) is 56.7 Å². The molecule has 96 valence electrons. The van der Waals surface area contributed by atoms with E-state index in [1.54, 1.807) is 0 Å². The summed E-state index contributed by atoms with van der Waals surface area (Å²) in [6, 6.07) is 6.27. The lowest BCUT2D eigenvalue weighted by Crippen LogP contribution is -2.08. The second-order valence-corrected chi connectivity index (χ2v) is 4.40. The Balaban J connectivity index is 2.56. The smallest absolute Gasteiger partial charge is 0.151 e. The van der Waals surface area contributed by atoms with Crippen molar-refractivity contribution >= 4 is 0 Å². The molecule has 1 aromatic carbocycles. The van der Waals surface area contributed by atoms with E-state index in [9.17, 15) is 0 Å². The zero-order valence-electron chi connectivity index (χ0n) is 11.3. The van der Waals surface area contributed by atoms with Gasteiger partial charge in [-0.2, -0.15) is 5.10 Å². The molecule has 0 aliphatic carbocycles. The van der Waals surface area contributed by atoms with Crippen LogP contribution in [0.15, 0.2) is 18.2 Å². The van der Waals surface area contributed by atoms with Crippen LogP contribution in [0.1, 0.15) is 36.6 Å². The number of nitrogens with zero attached hydrogens (tertiary/aromatic N) is 3. The maximum Gasteiger partial charge on any atom is 0.151 e. The van der Waals surface area contributed by atoms with Crippen molar-refractivity contribution < 1.29 is 0 Å². The first-order valence-corrected chi connectivity index (χ1v) is 6.44. The second-order valence-electron chi connectivity index (χ2n) is 4.40. The number of rotatable bonds is 4. The van der Waals surface area contributed by atoms with Gasteiger partial charge < -0.3 is 5.73 Å². The van der Waals surface area contributed by atoms with E-state index >= 15 is 0 Å². The summed E-state index contributed by atoms with van der Waals surface area (Å²) in [5.74, 6) is 1.88. The van der Waals surface area contributed by atoms with Crippen molar-refractivity contribution in [3.63, 3.8) is 0 Å². The van der Waals surface area contributed by atoms with Gasteiger partial charge in [0.05, 0.1) is 5.69 Å². The standard InChI is InChI=1S/C14H20N4/c1-4-13-16-14(5-2)18(17-13)12-7-6-10(3)8-11(12)9-15/h6-8H,4-5,9,15H2,1-3H3. The molecule has 0 saturated heterocycles. The summed E-state index contributed by atoms with van der Waals surface area (Å²) in [6.45, 7) is 6.75. The normalized spacial score (nSPS) is 10.9. The Bertz CT molecular complexity index is 543. The van der Waals surface area contributed by atoms with Crippen molar-refractivity contribution in [2.45, 2.75) is 40.2 Å². The Morgan fingerprint density at radius 3 is 2.61 bits per heavy atom. The minimum Gasteiger partial charge on any atom is -0.326 e. The first-order valence-electron chi connectivity index (χ1n) is 6.44. The molecular weight excluding hydrogens is 224 g/mol. The fraction of sp³-hybridized carbons (Fsp3) is 0.429. The van der Waals surface area contributed by atoms with Crippen molar-refractivity contribution in [3.8, 4) is 5.69 Å². The van der Waals surface area contributed by atoms with Crippen LogP contribution in [0, 0.1) is 6.92 Å². The third-order valence-electron chi connectivity index (χ3n) is 3.03. The fourth-order valence-corrected chi connectivity index (χ4v) is 2.05. The molecule has 0 radical (unpaired) electrons. The molecule has 1 aromatic heterocycles. The fourth-order valence-electron chi connectivity index (χ4n) is 2.05. The lowest BCUT2D eigenvalue weighted by molar-refractivity contribution is 0.779. The van der Waals surface area contributed by atoms with Crippen molar-refractivity contribution in [1.29, 1.82) is 0 Å². The first kappa shape index (κ1) is 12.8. The quantitative estimate of drug-likeness (QED) is 0.896. The van der Waals surface area contributed by atoms with E-state index in [0.717, 1.165) is 35.7 Å². The molecule has 2 rings (SSSR count). The Hall–Kier alpha value is -1.68. The van der Waals surface area contributed by atoms with Crippen LogP contribution >= 0.6 is 0 Å². The lowest BCUT2D eigenvalue weighted by Gasteiger charge is -2.10. The number of hydrogen-bond acceptors (Lipinski definition) is 3. The van der Waals surface area contributed by atoms with Gasteiger partial charge >= 0.3 is 0 Å². The van der Waals surface area contributed by atoms with Gasteiger partial charge in [-0.05, 0) is 18.6 Å². The van der Waals surface area contributed by atoms with Crippen LogP contribution in [-0.2, 0) is 19.4 Å². The number of hydrogen-bond donors (Lipinski definition) is 1. The van der Waals surface area contributed by atoms with Gasteiger partial charge in [-0.25, -0.2) is 9.67 Å². The van der Waals surface area contributed by atoms with E-state index in [1.165, 1.54) is 5.56 Å². The molecule has 0 fully saturated rings. The Morgan fingerprint density at radius 1 is 1.22 bits per heavy atom. The molecule has 0 aliphatic rings. The molecule has 0 saturated carbocycles. The summed E-state index contributed by atoms with van der Waals surface area (Å²) in [7, 11) is 0. The average molecular weight is 244 g/mol. The van der Waals surface area contributed by atoms with E-state index in [4.69, 9.17) is 5.73 Å². The molecule has 0 amide bonds. The summed E-state index contributed by atoms with van der Waals surface area (Å²) in [5, 5.41) is 4.56. The molecule has 1 heterocycles. The number of aryl methyl sites for hydroxylation is 3. The Labute approximate surface area is 108 Å². The predicted molar refractivity (Wildman–Crippen MR) is 72.7 cm³/mol. The summed E-state index contributed by atoms with van der Waals surface area (Å²) in [6.07, 6.45) is 1.72. The monoisotopic (exact) mass is 244 g/mol. The zero-order chi connectivity index (χ0) is 13.1. The van der Waals surface area contributed by atoms with Gasteiger partial charge in [-0.15, -0.1) is 0 Å². The molecular formula is C14H20N4. The zero-order valence-corrected chi connectivity index (χ0v) is 11.3. The largest absolute Gasteiger partial charge is 0.326 e. The molecule has 4 heteroatoms. The van der Waals surface area contributed by atoms with Crippen molar-refractivity contribution in [2.24, 2.45) is 5.73 Å². The first-order chi connectivity index (χ1) is 8.69. The van der Waals surface area contributed by atoms with E-state index in [1.807, 2.05) is 4.68 Å². The van der Waals surface area contributed by atoms with Gasteiger partial charge in [-0.1, -0.05) is 31.5 Å². The Morgan fingerprint density at radius 2 is 2.00 bits per heavy atom. The summed E-state index contributed by atoms with van der Waals surface area (Å²) in [4.78, 5) is 4.53. The van der Waals surface area contributed by atoms with Gasteiger partial charge in [-0.3, -0.25) is 0 Å². The molecule has 2 aromatic rings. The van der Waals surface area contributed by atoms with Gasteiger partial charge in [0.1, 0.15) is 5.82 Å². The molecule has 4 nitrogen and oxygen atoms in total. The molecule has 0 aliphatic heterocycles. The van der Waals surface area contributed by atoms with Crippen LogP contribution in [-0.4, -0.2) is 14.8 Å². The minimum atomic E-state index is 0.515. The van der Waals surface area contributed by atoms with Crippen LogP contribution in [0.3, 0.4) is 0 Å². The van der Waals surface area contributed by atoms with Gasteiger partial charge in [0.25, 0.3) is 0 Å². The molecule has 0 spiro atoms. The highest BCUT2D eigenvalue weighted by Crippen LogP contribution is 2.17. The van der Waals surface area contributed by atoms with Crippen LogP contribution < -0.4 is 5.73 Å². The number of nitrogens with two attached hydrogens (primary N) is 1. The van der Waals surface area contributed by atoms with E-state index in [-0.39, 0.29) is 0 Å². The maximum absolute atomic E-state index is 5.83. The lowest BCUT2D eigenvalue weighted by atomic mass is 10.1. The van der Waals surface area contributed by atoms with Crippen LogP contribution in [0.25, 0.3) is 5.69 Å². The number of aromatic nitrogens is 3. The predicted octanol–water partition coefficient (Wildman–Crippen LogP) is 2.16. The van der Waals surface area contributed by atoms with Gasteiger partial charge in [0.15, 0.2) is 5.82 Å². The van der Waals surface area contributed by atoms with Crippen molar-refractivity contribution in [2.75, 3.05) is 0 Å². The van der Waals surface area contributed by atoms with E-state index in [0.29, 0.717) is 6.54 Å². The highest BCUT2D eigenvalue weighted by molar-refractivity contribution is 5.43. The van der Waals surface area contributed by atoms with E-state index in [2.05, 4.69) is 49.1 Å². The molecule has 0 atom stereocenters. The van der Waals surface area contributed by atoms with Crippen molar-refractivity contribution in [3.05, 3.63) is 41.0 Å². The van der Waals surface area contributed by atoms with Gasteiger partial charge in [0, 0.05) is 19.4 Å². The van der Waals surface area contributed by atoms with Gasteiger partial charge in [0.2, 0.25) is 0 Å². The van der Waals surface area contributed by atoms with Crippen LogP contribution in [0.5, 0.6) is 0 Å².